The highest BCUT2D eigenvalue weighted by molar-refractivity contribution is 5.12. The summed E-state index contributed by atoms with van der Waals surface area (Å²) < 4.78 is 2.29. The molecule has 2 nitrogen and oxygen atoms in total. The molecule has 2 heteroatoms. The molecule has 1 aliphatic rings. The highest BCUT2D eigenvalue weighted by Crippen LogP contribution is 2.21. The molecule has 0 aromatic carbocycles. The van der Waals surface area contributed by atoms with Gasteiger partial charge in [0.2, 0.25) is 0 Å². The minimum absolute atomic E-state index is 0.175. The lowest BCUT2D eigenvalue weighted by molar-refractivity contribution is -0.754. The van der Waals surface area contributed by atoms with Crippen molar-refractivity contribution in [2.24, 2.45) is 0 Å². The maximum absolute atomic E-state index is 3.54. The Bertz CT molecular complexity index is 333. The Morgan fingerprint density at radius 3 is 2.80 bits per heavy atom. The third-order valence-corrected chi connectivity index (χ3v) is 3.06. The van der Waals surface area contributed by atoms with Crippen LogP contribution in [0.15, 0.2) is 24.5 Å². The lowest BCUT2D eigenvalue weighted by atomic mass is 10.0. The normalized spacial score (nSPS) is 21.9. The molecule has 2 heterocycles. The van der Waals surface area contributed by atoms with E-state index in [1.54, 1.807) is 0 Å². The number of nitrogens with one attached hydrogen (secondary N) is 1. The van der Waals surface area contributed by atoms with Gasteiger partial charge in [0.05, 0.1) is 0 Å². The number of nitrogens with zero attached hydrogens (tertiary/aromatic N) is 1. The van der Waals surface area contributed by atoms with Crippen molar-refractivity contribution >= 4 is 0 Å². The number of pyridine rings is 1. The second-order valence-corrected chi connectivity index (χ2v) is 5.36. The van der Waals surface area contributed by atoms with Gasteiger partial charge in [-0.3, -0.25) is 0 Å². The van der Waals surface area contributed by atoms with Crippen LogP contribution in [-0.2, 0) is 5.54 Å². The van der Waals surface area contributed by atoms with Crippen LogP contribution in [0.3, 0.4) is 0 Å². The van der Waals surface area contributed by atoms with Gasteiger partial charge in [0.15, 0.2) is 17.9 Å². The fourth-order valence-corrected chi connectivity index (χ4v) is 2.09. The number of rotatable bonds is 1. The van der Waals surface area contributed by atoms with E-state index in [1.165, 1.54) is 18.4 Å². The highest BCUT2D eigenvalue weighted by Gasteiger charge is 2.24. The highest BCUT2D eigenvalue weighted by atomic mass is 15.0. The van der Waals surface area contributed by atoms with Gasteiger partial charge < -0.3 is 5.32 Å². The van der Waals surface area contributed by atoms with Crippen molar-refractivity contribution in [1.29, 1.82) is 0 Å². The van der Waals surface area contributed by atoms with E-state index in [4.69, 9.17) is 0 Å². The average Bonchev–Trinajstić information content (AvgIpc) is 2.69. The van der Waals surface area contributed by atoms with Crippen LogP contribution in [0.1, 0.15) is 45.2 Å². The zero-order valence-corrected chi connectivity index (χ0v) is 9.96. The van der Waals surface area contributed by atoms with Crippen molar-refractivity contribution in [2.45, 2.75) is 45.2 Å². The fraction of sp³-hybridized carbons (Fsp3) is 0.615. The van der Waals surface area contributed by atoms with E-state index in [0.29, 0.717) is 6.04 Å². The maximum atomic E-state index is 3.54. The molecule has 0 saturated carbocycles. The van der Waals surface area contributed by atoms with Crippen LogP contribution in [0.5, 0.6) is 0 Å². The molecule has 0 bridgehead atoms. The Morgan fingerprint density at radius 2 is 2.20 bits per heavy atom. The topological polar surface area (TPSA) is 15.9 Å². The second-order valence-electron chi connectivity index (χ2n) is 5.36. The summed E-state index contributed by atoms with van der Waals surface area (Å²) in [6, 6.07) is 4.95. The molecule has 1 aliphatic heterocycles. The first-order valence-corrected chi connectivity index (χ1v) is 5.82. The molecule has 1 atom stereocenters. The van der Waals surface area contributed by atoms with Crippen LogP contribution < -0.4 is 9.88 Å². The zero-order valence-electron chi connectivity index (χ0n) is 9.96. The predicted octanol–water partition coefficient (Wildman–Crippen LogP) is 2.15. The minimum Gasteiger partial charge on any atom is -0.310 e. The lowest BCUT2D eigenvalue weighted by Crippen LogP contribution is -2.50. The molecule has 0 aliphatic carbocycles. The molecule has 1 saturated heterocycles. The van der Waals surface area contributed by atoms with E-state index in [0.717, 1.165) is 6.54 Å². The van der Waals surface area contributed by atoms with Gasteiger partial charge in [-0.1, -0.05) is 0 Å². The SMILES string of the molecule is CC(C)(C)[n+]1cccc(C2CCCN2)c1. The standard InChI is InChI=1S/C13H21N2/c1-13(2,3)15-9-5-6-11(10-15)12-7-4-8-14-12/h5-6,9-10,12,14H,4,7-8H2,1-3H3/q+1. The van der Waals surface area contributed by atoms with E-state index < -0.39 is 0 Å². The van der Waals surface area contributed by atoms with Gasteiger partial charge in [-0.05, 0) is 25.5 Å². The summed E-state index contributed by atoms with van der Waals surface area (Å²) in [7, 11) is 0. The molecule has 2 rings (SSSR count). The van der Waals surface area contributed by atoms with Gasteiger partial charge in [-0.2, -0.15) is 0 Å². The van der Waals surface area contributed by atoms with E-state index in [9.17, 15) is 0 Å². The van der Waals surface area contributed by atoms with Gasteiger partial charge in [0, 0.05) is 38.4 Å². The van der Waals surface area contributed by atoms with Crippen LogP contribution in [-0.4, -0.2) is 6.54 Å². The van der Waals surface area contributed by atoms with Crippen molar-refractivity contribution in [3.63, 3.8) is 0 Å². The summed E-state index contributed by atoms with van der Waals surface area (Å²) in [4.78, 5) is 0. The molecule has 1 N–H and O–H groups in total. The summed E-state index contributed by atoms with van der Waals surface area (Å²) >= 11 is 0. The molecule has 0 radical (unpaired) electrons. The smallest absolute Gasteiger partial charge is 0.174 e. The number of hydrogen-bond donors (Lipinski definition) is 1. The van der Waals surface area contributed by atoms with Gasteiger partial charge in [-0.15, -0.1) is 0 Å². The Kier molecular flexibility index (Phi) is 2.79. The third kappa shape index (κ3) is 2.37. The Labute approximate surface area is 92.3 Å². The summed E-state index contributed by atoms with van der Waals surface area (Å²) in [5, 5.41) is 3.54. The molecule has 1 unspecified atom stereocenters. The Morgan fingerprint density at radius 1 is 1.40 bits per heavy atom. The van der Waals surface area contributed by atoms with Crippen molar-refractivity contribution < 1.29 is 4.57 Å². The largest absolute Gasteiger partial charge is 0.310 e. The van der Waals surface area contributed by atoms with E-state index in [-0.39, 0.29) is 5.54 Å². The van der Waals surface area contributed by atoms with Crippen molar-refractivity contribution in [2.75, 3.05) is 6.54 Å². The van der Waals surface area contributed by atoms with Gasteiger partial charge in [0.1, 0.15) is 0 Å². The van der Waals surface area contributed by atoms with E-state index >= 15 is 0 Å². The molecular weight excluding hydrogens is 184 g/mol. The molecule has 82 valence electrons. The van der Waals surface area contributed by atoms with Crippen LogP contribution in [0, 0.1) is 0 Å². The molecule has 0 amide bonds. The average molecular weight is 205 g/mol. The predicted molar refractivity (Wildman–Crippen MR) is 61.6 cm³/mol. The van der Waals surface area contributed by atoms with E-state index in [1.807, 2.05) is 0 Å². The summed E-state index contributed by atoms with van der Waals surface area (Å²) in [5.41, 5.74) is 1.60. The third-order valence-electron chi connectivity index (χ3n) is 3.06. The number of hydrogen-bond acceptors (Lipinski definition) is 1. The van der Waals surface area contributed by atoms with Gasteiger partial charge in [0.25, 0.3) is 0 Å². The maximum Gasteiger partial charge on any atom is 0.174 e. The molecule has 15 heavy (non-hydrogen) atoms. The van der Waals surface area contributed by atoms with Crippen molar-refractivity contribution in [3.8, 4) is 0 Å². The summed E-state index contributed by atoms with van der Waals surface area (Å²) in [5.74, 6) is 0. The van der Waals surface area contributed by atoms with Crippen LogP contribution in [0.4, 0.5) is 0 Å². The molecule has 1 fully saturated rings. The molecular formula is C13H21N2+. The quantitative estimate of drug-likeness (QED) is 0.695. The fourth-order valence-electron chi connectivity index (χ4n) is 2.09. The first-order chi connectivity index (χ1) is 7.07. The van der Waals surface area contributed by atoms with Crippen LogP contribution in [0.25, 0.3) is 0 Å². The van der Waals surface area contributed by atoms with Crippen molar-refractivity contribution in [3.05, 3.63) is 30.1 Å². The number of aromatic nitrogens is 1. The Balaban J connectivity index is 2.26. The summed E-state index contributed by atoms with van der Waals surface area (Å²) in [6.07, 6.45) is 7.00. The minimum atomic E-state index is 0.175. The van der Waals surface area contributed by atoms with Crippen molar-refractivity contribution in [1.82, 2.24) is 5.32 Å². The van der Waals surface area contributed by atoms with Gasteiger partial charge in [-0.25, -0.2) is 4.57 Å². The molecule has 1 aromatic heterocycles. The first kappa shape index (κ1) is 10.6. The monoisotopic (exact) mass is 205 g/mol. The second kappa shape index (κ2) is 3.93. The molecule has 0 spiro atoms. The van der Waals surface area contributed by atoms with Crippen LogP contribution >= 0.6 is 0 Å². The molecule has 1 aromatic rings. The lowest BCUT2D eigenvalue weighted by Gasteiger charge is -2.15. The van der Waals surface area contributed by atoms with Crippen LogP contribution in [0.2, 0.25) is 0 Å². The van der Waals surface area contributed by atoms with Gasteiger partial charge >= 0.3 is 0 Å². The summed E-state index contributed by atoms with van der Waals surface area (Å²) in [6.45, 7) is 7.87. The zero-order chi connectivity index (χ0) is 10.9. The first-order valence-electron chi connectivity index (χ1n) is 5.82. The Hall–Kier alpha value is -0.890. The van der Waals surface area contributed by atoms with E-state index in [2.05, 4.69) is 55.2 Å².